The molecule has 0 aromatic heterocycles. The van der Waals surface area contributed by atoms with Crippen molar-refractivity contribution >= 4 is 0 Å². The first kappa shape index (κ1) is 15.7. The molecule has 0 saturated heterocycles. The van der Waals surface area contributed by atoms with E-state index in [0.29, 0.717) is 0 Å². The van der Waals surface area contributed by atoms with E-state index in [4.69, 9.17) is 0 Å². The lowest BCUT2D eigenvalue weighted by Gasteiger charge is -1.48. The number of hydrogen-bond donors (Lipinski definition) is 1. The molecule has 1 heteroatoms. The van der Waals surface area contributed by atoms with Gasteiger partial charge in [0.1, 0.15) is 0 Å². The van der Waals surface area contributed by atoms with E-state index >= 15 is 0 Å². The van der Waals surface area contributed by atoms with Crippen LogP contribution in [-0.4, -0.2) is 0 Å². The molecule has 0 aromatic rings. The second kappa shape index (κ2) is 32.0. The van der Waals surface area contributed by atoms with Gasteiger partial charge in [0, 0.05) is 0 Å². The van der Waals surface area contributed by atoms with Crippen molar-refractivity contribution in [2.75, 3.05) is 0 Å². The average Bonchev–Trinajstić information content (AvgIpc) is 1.69. The number of hydrogen-bond acceptors (Lipinski definition) is 1. The summed E-state index contributed by atoms with van der Waals surface area (Å²) in [6, 6.07) is 0. The first-order valence-electron chi connectivity index (χ1n) is 2.56. The minimum atomic E-state index is 0. The van der Waals surface area contributed by atoms with Gasteiger partial charge in [-0.2, -0.15) is 0 Å². The van der Waals surface area contributed by atoms with Gasteiger partial charge in [-0.15, -0.1) is 0 Å². The zero-order valence-corrected chi connectivity index (χ0v) is 5.98. The minimum Gasteiger partial charge on any atom is -0.344 e. The van der Waals surface area contributed by atoms with Crippen LogP contribution in [0.3, 0.4) is 0 Å². The van der Waals surface area contributed by atoms with Gasteiger partial charge in [-0.3, -0.25) is 0 Å². The van der Waals surface area contributed by atoms with E-state index in [1.54, 1.807) is 12.2 Å². The fourth-order valence-electron chi connectivity index (χ4n) is 0. The Bertz CT molecular complexity index is 33.7. The van der Waals surface area contributed by atoms with Crippen LogP contribution in [0.25, 0.3) is 0 Å². The largest absolute Gasteiger partial charge is 0.344 e. The molecule has 1 nitrogen and oxygen atoms in total. The van der Waals surface area contributed by atoms with E-state index in [9.17, 15) is 0 Å². The average molecular weight is 115 g/mol. The zero-order chi connectivity index (χ0) is 6.12. The van der Waals surface area contributed by atoms with Crippen LogP contribution in [0.1, 0.15) is 20.3 Å². The second-order valence-electron chi connectivity index (χ2n) is 1.18. The quantitative estimate of drug-likeness (QED) is 0.524. The van der Waals surface area contributed by atoms with Gasteiger partial charge in [0.15, 0.2) is 0 Å². The van der Waals surface area contributed by atoms with Gasteiger partial charge in [0.25, 0.3) is 0 Å². The smallest absolute Gasteiger partial charge is 0.0590 e. The predicted molar refractivity (Wildman–Crippen MR) is 41.4 cm³/mol. The number of rotatable bonds is 1. The zero-order valence-electron chi connectivity index (χ0n) is 5.98. The van der Waals surface area contributed by atoms with Crippen LogP contribution in [-0.2, 0) is 0 Å². The Kier molecular flexibility index (Phi) is 62.6. The van der Waals surface area contributed by atoms with Crippen molar-refractivity contribution in [3.8, 4) is 0 Å². The summed E-state index contributed by atoms with van der Waals surface area (Å²) in [6.07, 6.45) is 4.53. The fraction of sp³-hybridized carbons (Fsp3) is 0.429. The molecule has 0 amide bonds. The van der Waals surface area contributed by atoms with Gasteiger partial charge in [0.2, 0.25) is 0 Å². The summed E-state index contributed by atoms with van der Waals surface area (Å²) >= 11 is 0. The molecule has 0 aliphatic heterocycles. The lowest BCUT2D eigenvalue weighted by atomic mass is 10.6. The molecule has 0 spiro atoms. The van der Waals surface area contributed by atoms with E-state index in [1.807, 2.05) is 0 Å². The van der Waals surface area contributed by atoms with Crippen molar-refractivity contribution < 1.29 is 0 Å². The van der Waals surface area contributed by atoms with Gasteiger partial charge in [0.05, 0.1) is 0 Å². The van der Waals surface area contributed by atoms with Crippen molar-refractivity contribution in [2.45, 2.75) is 20.3 Å². The third-order valence-corrected chi connectivity index (χ3v) is 0.167. The highest BCUT2D eigenvalue weighted by Crippen LogP contribution is 1.56. The summed E-state index contributed by atoms with van der Waals surface area (Å²) in [5.41, 5.74) is 0. The van der Waals surface area contributed by atoms with Crippen LogP contribution in [0.5, 0.6) is 0 Å². The SMILES string of the molecule is C=CC=C.CCC.N. The molecular formula is C7H17N. The monoisotopic (exact) mass is 115 g/mol. The van der Waals surface area contributed by atoms with Crippen LogP contribution in [0.2, 0.25) is 0 Å². The maximum absolute atomic E-state index is 3.36. The summed E-state index contributed by atoms with van der Waals surface area (Å²) in [4.78, 5) is 0. The van der Waals surface area contributed by atoms with Gasteiger partial charge in [-0.25, -0.2) is 0 Å². The van der Waals surface area contributed by atoms with E-state index in [0.717, 1.165) is 0 Å². The summed E-state index contributed by atoms with van der Waals surface area (Å²) < 4.78 is 0. The highest BCUT2D eigenvalue weighted by molar-refractivity contribution is 4.88. The molecule has 3 N–H and O–H groups in total. The molecule has 0 unspecified atom stereocenters. The fourth-order valence-corrected chi connectivity index (χ4v) is 0. The molecule has 0 rings (SSSR count). The molecule has 0 fully saturated rings. The maximum Gasteiger partial charge on any atom is -0.0590 e. The van der Waals surface area contributed by atoms with E-state index in [1.165, 1.54) is 6.42 Å². The molecule has 0 bridgehead atoms. The molecule has 0 aliphatic rings. The normalized spacial score (nSPS) is 4.75. The summed E-state index contributed by atoms with van der Waals surface area (Å²) in [6.45, 7) is 11.0. The Balaban J connectivity index is -0.0000000575. The summed E-state index contributed by atoms with van der Waals surface area (Å²) in [5, 5.41) is 0. The third kappa shape index (κ3) is 554. The second-order valence-corrected chi connectivity index (χ2v) is 1.18. The predicted octanol–water partition coefficient (Wildman–Crippen LogP) is 2.94. The van der Waals surface area contributed by atoms with Crippen molar-refractivity contribution in [3.05, 3.63) is 25.3 Å². The summed E-state index contributed by atoms with van der Waals surface area (Å²) in [5.74, 6) is 0. The highest BCUT2D eigenvalue weighted by atomic mass is 14.0. The molecular weight excluding hydrogens is 98.1 g/mol. The lowest BCUT2D eigenvalue weighted by molar-refractivity contribution is 1.09. The van der Waals surface area contributed by atoms with Crippen LogP contribution >= 0.6 is 0 Å². The van der Waals surface area contributed by atoms with Gasteiger partial charge < -0.3 is 6.15 Å². The molecule has 0 saturated carbocycles. The molecule has 0 aliphatic carbocycles. The Morgan fingerprint density at radius 1 is 1.12 bits per heavy atom. The standard InChI is InChI=1S/C4H6.C3H8.H3N/c1-3-4-2;1-3-2;/h3-4H,1-2H2;3H2,1-2H3;1H3. The minimum absolute atomic E-state index is 0. The third-order valence-electron chi connectivity index (χ3n) is 0.167. The molecule has 0 heterocycles. The van der Waals surface area contributed by atoms with Gasteiger partial charge >= 0.3 is 0 Å². The van der Waals surface area contributed by atoms with Crippen molar-refractivity contribution in [1.29, 1.82) is 0 Å². The molecule has 0 radical (unpaired) electrons. The molecule has 8 heavy (non-hydrogen) atoms. The lowest BCUT2D eigenvalue weighted by Crippen LogP contribution is -1.27. The Labute approximate surface area is 52.7 Å². The molecule has 0 atom stereocenters. The van der Waals surface area contributed by atoms with E-state index in [2.05, 4.69) is 27.0 Å². The van der Waals surface area contributed by atoms with Crippen LogP contribution in [0.15, 0.2) is 25.3 Å². The Hall–Kier alpha value is -0.560. The molecule has 50 valence electrons. The van der Waals surface area contributed by atoms with Crippen LogP contribution in [0.4, 0.5) is 0 Å². The van der Waals surface area contributed by atoms with Crippen LogP contribution in [0, 0.1) is 0 Å². The summed E-state index contributed by atoms with van der Waals surface area (Å²) in [7, 11) is 0. The van der Waals surface area contributed by atoms with Gasteiger partial charge in [-0.1, -0.05) is 45.6 Å². The van der Waals surface area contributed by atoms with E-state index < -0.39 is 0 Å². The van der Waals surface area contributed by atoms with Crippen molar-refractivity contribution in [3.63, 3.8) is 0 Å². The van der Waals surface area contributed by atoms with E-state index in [-0.39, 0.29) is 6.15 Å². The Morgan fingerprint density at radius 3 is 1.25 bits per heavy atom. The van der Waals surface area contributed by atoms with Crippen molar-refractivity contribution in [1.82, 2.24) is 6.15 Å². The first-order valence-corrected chi connectivity index (χ1v) is 2.56. The molecule has 0 aromatic carbocycles. The highest BCUT2D eigenvalue weighted by Gasteiger charge is 1.35. The number of allylic oxidation sites excluding steroid dienone is 2. The van der Waals surface area contributed by atoms with Crippen molar-refractivity contribution in [2.24, 2.45) is 0 Å². The topological polar surface area (TPSA) is 35.0 Å². The first-order chi connectivity index (χ1) is 3.33. The maximum atomic E-state index is 3.36. The Morgan fingerprint density at radius 2 is 1.25 bits per heavy atom. The van der Waals surface area contributed by atoms with Crippen LogP contribution < -0.4 is 6.15 Å². The van der Waals surface area contributed by atoms with Gasteiger partial charge in [-0.05, 0) is 0 Å².